The van der Waals surface area contributed by atoms with Gasteiger partial charge in [-0.15, -0.1) is 0 Å². The highest BCUT2D eigenvalue weighted by Gasteiger charge is 2.15. The Bertz CT molecular complexity index is 858. The summed E-state index contributed by atoms with van der Waals surface area (Å²) < 4.78 is 11.8. The van der Waals surface area contributed by atoms with Gasteiger partial charge in [0.15, 0.2) is 0 Å². The van der Waals surface area contributed by atoms with E-state index in [0.29, 0.717) is 0 Å². The number of aliphatic hydroxyl groups is 1. The average molecular weight is 526 g/mol. The zero-order valence-corrected chi connectivity index (χ0v) is 23.4. The fourth-order valence-corrected chi connectivity index (χ4v) is 5.35. The lowest BCUT2D eigenvalue weighted by molar-refractivity contribution is 0.165. The summed E-state index contributed by atoms with van der Waals surface area (Å²) >= 11 is 0. The molecule has 0 radical (unpaired) electrons. The third kappa shape index (κ3) is 12.1. The van der Waals surface area contributed by atoms with Crippen LogP contribution in [0.2, 0.25) is 0 Å². The zero-order chi connectivity index (χ0) is 26.1. The number of aliphatic hydroxyl groups excluding tert-OH is 1. The Morgan fingerprint density at radius 1 is 0.763 bits per heavy atom. The predicted octanol–water partition coefficient (Wildman–Crippen LogP) is 9.58. The summed E-state index contributed by atoms with van der Waals surface area (Å²) in [7, 11) is 0. The molecule has 0 aromatic heterocycles. The summed E-state index contributed by atoms with van der Waals surface area (Å²) in [5.74, 6) is 3.39. The zero-order valence-electron chi connectivity index (χ0n) is 23.4. The summed E-state index contributed by atoms with van der Waals surface area (Å²) in [5, 5.41) is 13.4. The van der Waals surface area contributed by atoms with Gasteiger partial charge in [0.05, 0.1) is 19.3 Å². The van der Waals surface area contributed by atoms with Crippen LogP contribution in [-0.4, -0.2) is 24.9 Å². The monoisotopic (exact) mass is 525 g/mol. The van der Waals surface area contributed by atoms with E-state index in [1.165, 1.54) is 64.2 Å². The van der Waals surface area contributed by atoms with E-state index < -0.39 is 0 Å². The molecule has 2 aromatic rings. The van der Waals surface area contributed by atoms with Gasteiger partial charge in [-0.1, -0.05) is 84.4 Å². The molecule has 214 valence electrons. The van der Waals surface area contributed by atoms with Crippen molar-refractivity contribution in [3.63, 3.8) is 0 Å². The molecule has 0 heterocycles. The first-order valence-corrected chi connectivity index (χ1v) is 15.1. The first-order chi connectivity index (χ1) is 18.2. The Morgan fingerprint density at radius 2 is 1.32 bits per heavy atom. The molecule has 2 aromatic carbocycles. The molecule has 2 saturated carbocycles. The molecular formula is C34H55NO3. The van der Waals surface area contributed by atoms with Crippen molar-refractivity contribution in [2.45, 2.75) is 111 Å². The summed E-state index contributed by atoms with van der Waals surface area (Å²) in [5.41, 5.74) is 2.14. The van der Waals surface area contributed by atoms with Crippen LogP contribution < -0.4 is 14.8 Å². The summed E-state index contributed by atoms with van der Waals surface area (Å²) in [6.45, 7) is 7.00. The van der Waals surface area contributed by atoms with Crippen LogP contribution in [0, 0.1) is 11.8 Å². The van der Waals surface area contributed by atoms with Crippen molar-refractivity contribution in [3.8, 4) is 11.5 Å². The van der Waals surface area contributed by atoms with Crippen LogP contribution in [0.5, 0.6) is 11.5 Å². The van der Waals surface area contributed by atoms with Crippen LogP contribution in [0.25, 0.3) is 0 Å². The van der Waals surface area contributed by atoms with E-state index in [-0.39, 0.29) is 13.5 Å². The van der Waals surface area contributed by atoms with Crippen molar-refractivity contribution in [3.05, 3.63) is 54.1 Å². The molecule has 38 heavy (non-hydrogen) atoms. The fourth-order valence-electron chi connectivity index (χ4n) is 5.35. The van der Waals surface area contributed by atoms with Gasteiger partial charge in [-0.05, 0) is 80.2 Å². The third-order valence-corrected chi connectivity index (χ3v) is 7.64. The summed E-state index contributed by atoms with van der Waals surface area (Å²) in [6.07, 6.45) is 16.1. The highest BCUT2D eigenvalue weighted by Crippen LogP contribution is 2.27. The molecular weight excluding hydrogens is 470 g/mol. The van der Waals surface area contributed by atoms with Crippen LogP contribution in [0.15, 0.2) is 48.5 Å². The van der Waals surface area contributed by atoms with Gasteiger partial charge in [0.2, 0.25) is 0 Å². The molecule has 4 nitrogen and oxygen atoms in total. The van der Waals surface area contributed by atoms with Crippen LogP contribution in [0.1, 0.15) is 116 Å². The van der Waals surface area contributed by atoms with Gasteiger partial charge in [-0.3, -0.25) is 0 Å². The maximum absolute atomic E-state index is 10.0. The molecule has 2 aliphatic rings. The molecule has 0 spiro atoms. The second-order valence-electron chi connectivity index (χ2n) is 11.0. The summed E-state index contributed by atoms with van der Waals surface area (Å²) in [6, 6.07) is 16.3. The number of hydrogen-bond acceptors (Lipinski definition) is 4. The Hall–Kier alpha value is -2.20. The molecule has 2 fully saturated rings. The van der Waals surface area contributed by atoms with E-state index in [1.807, 2.05) is 24.3 Å². The van der Waals surface area contributed by atoms with Gasteiger partial charge >= 0.3 is 0 Å². The predicted molar refractivity (Wildman–Crippen MR) is 162 cm³/mol. The van der Waals surface area contributed by atoms with Crippen molar-refractivity contribution in [1.82, 2.24) is 0 Å². The molecule has 0 amide bonds. The molecule has 0 bridgehead atoms. The Morgan fingerprint density at radius 3 is 1.87 bits per heavy atom. The van der Waals surface area contributed by atoms with Gasteiger partial charge in [-0.2, -0.15) is 0 Å². The minimum atomic E-state index is -0.358. The van der Waals surface area contributed by atoms with Gasteiger partial charge in [0.25, 0.3) is 0 Å². The number of ether oxygens (including phenoxy) is 2. The smallest absolute Gasteiger partial charge is 0.121 e. The maximum atomic E-state index is 10.0. The van der Waals surface area contributed by atoms with E-state index in [1.54, 1.807) is 0 Å². The molecule has 4 rings (SSSR count). The van der Waals surface area contributed by atoms with Crippen molar-refractivity contribution in [2.75, 3.05) is 25.1 Å². The lowest BCUT2D eigenvalue weighted by Crippen LogP contribution is -2.15. The lowest BCUT2D eigenvalue weighted by atomic mass is 9.90. The first-order valence-electron chi connectivity index (χ1n) is 15.1. The van der Waals surface area contributed by atoms with Gasteiger partial charge in [0, 0.05) is 18.3 Å². The minimum Gasteiger partial charge on any atom is -0.493 e. The maximum Gasteiger partial charge on any atom is 0.121 e. The van der Waals surface area contributed by atoms with Crippen molar-refractivity contribution in [1.29, 1.82) is 0 Å². The van der Waals surface area contributed by atoms with Gasteiger partial charge < -0.3 is 19.9 Å². The number of anilines is 1. The molecule has 2 aliphatic carbocycles. The number of hydrogen-bond donors (Lipinski definition) is 2. The summed E-state index contributed by atoms with van der Waals surface area (Å²) in [4.78, 5) is 0. The molecule has 0 aliphatic heterocycles. The largest absolute Gasteiger partial charge is 0.493 e. The fraction of sp³-hybridized carbons (Fsp3) is 0.647. The molecule has 2 N–H and O–H groups in total. The number of nitrogens with one attached hydrogen (secondary N) is 1. The van der Waals surface area contributed by atoms with Crippen LogP contribution in [-0.2, 0) is 0 Å². The average Bonchev–Trinajstić information content (AvgIpc) is 2.96. The van der Waals surface area contributed by atoms with E-state index in [2.05, 4.69) is 43.4 Å². The van der Waals surface area contributed by atoms with E-state index in [9.17, 15) is 5.11 Å². The standard InChI is InChI=1S/C17H26O2.C16H25NO.CH4/c1-2-7-17(18)15-10-6-11-16(12-15)19-13-14-8-4-3-5-9-14;1-2-11-17-15-9-6-10-16(12-15)18-13-14-7-4-3-5-8-14;/h6,10-12,14,17-18H,2-5,7-9,13H2,1H3;6,9-10,12,14,17H,2-5,7-8,11,13H2,1H3;1H4. The van der Waals surface area contributed by atoms with Crippen LogP contribution in [0.4, 0.5) is 5.69 Å². The topological polar surface area (TPSA) is 50.7 Å². The minimum absolute atomic E-state index is 0. The van der Waals surface area contributed by atoms with Crippen molar-refractivity contribution in [2.24, 2.45) is 11.8 Å². The van der Waals surface area contributed by atoms with E-state index in [4.69, 9.17) is 9.47 Å². The third-order valence-electron chi connectivity index (χ3n) is 7.64. The van der Waals surface area contributed by atoms with Crippen LogP contribution in [0.3, 0.4) is 0 Å². The lowest BCUT2D eigenvalue weighted by Gasteiger charge is -2.22. The van der Waals surface area contributed by atoms with Crippen molar-refractivity contribution >= 4 is 5.69 Å². The Balaban J connectivity index is 0.000000260. The van der Waals surface area contributed by atoms with E-state index in [0.717, 1.165) is 73.6 Å². The highest BCUT2D eigenvalue weighted by molar-refractivity contribution is 5.48. The quantitative estimate of drug-likeness (QED) is 0.290. The molecule has 0 saturated heterocycles. The van der Waals surface area contributed by atoms with Gasteiger partial charge in [-0.25, -0.2) is 0 Å². The van der Waals surface area contributed by atoms with Gasteiger partial charge in [0.1, 0.15) is 11.5 Å². The van der Waals surface area contributed by atoms with Crippen molar-refractivity contribution < 1.29 is 14.6 Å². The second-order valence-corrected chi connectivity index (χ2v) is 11.0. The Kier molecular flexibility index (Phi) is 16.0. The molecule has 1 atom stereocenters. The molecule has 1 unspecified atom stereocenters. The first kappa shape index (κ1) is 32.0. The Labute approximate surface area is 233 Å². The molecule has 4 heteroatoms. The highest BCUT2D eigenvalue weighted by atomic mass is 16.5. The number of benzene rings is 2. The number of rotatable bonds is 12. The SMILES string of the molecule is C.CCCC(O)c1cccc(OCC2CCCCC2)c1.CCCNc1cccc(OCC2CCCCC2)c1. The second kappa shape index (κ2) is 19.0. The van der Waals surface area contributed by atoms with Crippen LogP contribution >= 0.6 is 0 Å². The normalized spacial score (nSPS) is 16.9. The van der Waals surface area contributed by atoms with E-state index >= 15 is 0 Å².